The number of ether oxygens (including phenoxy) is 1. The summed E-state index contributed by atoms with van der Waals surface area (Å²) < 4.78 is 5.98. The Bertz CT molecular complexity index is 990. The number of benzene rings is 2. The lowest BCUT2D eigenvalue weighted by molar-refractivity contribution is -0.149. The zero-order valence-corrected chi connectivity index (χ0v) is 23.5. The number of urea groups is 1. The number of hydrogen-bond acceptors (Lipinski definition) is 3. The lowest BCUT2D eigenvalue weighted by Crippen LogP contribution is -2.32. The van der Waals surface area contributed by atoms with Crippen LogP contribution in [0, 0.1) is 0 Å². The Morgan fingerprint density at radius 2 is 1.24 bits per heavy atom. The average molecular weight is 521 g/mol. The highest BCUT2D eigenvalue weighted by atomic mass is 16.5. The van der Waals surface area contributed by atoms with Crippen molar-refractivity contribution in [2.24, 2.45) is 5.73 Å². The number of para-hydroxylation sites is 2. The molecule has 5 nitrogen and oxygen atoms in total. The summed E-state index contributed by atoms with van der Waals surface area (Å²) in [7, 11) is 0. The molecule has 0 saturated carbocycles. The molecule has 208 valence electrons. The van der Waals surface area contributed by atoms with Gasteiger partial charge in [-0.3, -0.25) is 9.69 Å². The molecule has 2 aromatic carbocycles. The summed E-state index contributed by atoms with van der Waals surface area (Å²) in [5.74, 6) is -0.176. The van der Waals surface area contributed by atoms with E-state index in [4.69, 9.17) is 10.5 Å². The molecule has 0 fully saturated rings. The van der Waals surface area contributed by atoms with Gasteiger partial charge in [-0.25, -0.2) is 4.79 Å². The number of primary amides is 1. The van der Waals surface area contributed by atoms with E-state index in [2.05, 4.69) is 6.92 Å². The zero-order chi connectivity index (χ0) is 27.0. The topological polar surface area (TPSA) is 72.6 Å². The average Bonchev–Trinajstić information content (AvgIpc) is 3.05. The number of nitrogens with two attached hydrogens (primary N) is 1. The second-order valence-corrected chi connectivity index (χ2v) is 10.7. The van der Waals surface area contributed by atoms with E-state index < -0.39 is 12.1 Å². The molecule has 1 atom stereocenters. The molecule has 0 unspecified atom stereocenters. The van der Waals surface area contributed by atoms with Crippen molar-refractivity contribution < 1.29 is 14.3 Å². The van der Waals surface area contributed by atoms with Crippen LogP contribution in [-0.4, -0.2) is 12.0 Å². The second-order valence-electron chi connectivity index (χ2n) is 10.7. The first-order valence-corrected chi connectivity index (χ1v) is 15.1. The van der Waals surface area contributed by atoms with Crippen LogP contribution in [0.15, 0.2) is 48.5 Å². The maximum absolute atomic E-state index is 12.8. The number of carbonyl (C=O) groups excluding carboxylic acids is 2. The third-order valence-corrected chi connectivity index (χ3v) is 7.64. The molecule has 0 aliphatic carbocycles. The van der Waals surface area contributed by atoms with E-state index in [0.29, 0.717) is 18.5 Å². The maximum Gasteiger partial charge on any atom is 0.323 e. The molecule has 2 amide bonds. The molecule has 38 heavy (non-hydrogen) atoms. The van der Waals surface area contributed by atoms with E-state index in [0.717, 1.165) is 29.7 Å². The fourth-order valence-electron chi connectivity index (χ4n) is 5.51. The highest BCUT2D eigenvalue weighted by Crippen LogP contribution is 2.41. The fraction of sp³-hybridized carbons (Fsp3) is 0.576. The summed E-state index contributed by atoms with van der Waals surface area (Å²) in [5, 5.41) is 0. The molecule has 3 rings (SSSR count). The SMILES string of the molecule is CCCCCCCCCCCCCCCCCC(=O)O[C@@H]1Cc2ccccc2N(C(N)=O)c2ccccc21. The zero-order valence-electron chi connectivity index (χ0n) is 23.5. The normalized spacial score (nSPS) is 14.4. The van der Waals surface area contributed by atoms with E-state index in [-0.39, 0.29) is 5.97 Å². The van der Waals surface area contributed by atoms with Gasteiger partial charge in [0.2, 0.25) is 0 Å². The smallest absolute Gasteiger partial charge is 0.323 e. The number of esters is 1. The number of rotatable bonds is 17. The summed E-state index contributed by atoms with van der Waals surface area (Å²) in [6.45, 7) is 2.27. The number of nitrogens with zero attached hydrogens (tertiary/aromatic N) is 1. The van der Waals surface area contributed by atoms with Crippen LogP contribution in [0.4, 0.5) is 16.2 Å². The molecule has 1 aliphatic heterocycles. The molecule has 0 bridgehead atoms. The third kappa shape index (κ3) is 9.49. The highest BCUT2D eigenvalue weighted by Gasteiger charge is 2.31. The highest BCUT2D eigenvalue weighted by molar-refractivity contribution is 6.00. The van der Waals surface area contributed by atoms with Crippen molar-refractivity contribution in [2.75, 3.05) is 4.90 Å². The van der Waals surface area contributed by atoms with Crippen molar-refractivity contribution in [3.63, 3.8) is 0 Å². The largest absolute Gasteiger partial charge is 0.457 e. The predicted molar refractivity (Wildman–Crippen MR) is 157 cm³/mol. The van der Waals surface area contributed by atoms with Crippen molar-refractivity contribution in [1.82, 2.24) is 0 Å². The van der Waals surface area contributed by atoms with Gasteiger partial charge in [0, 0.05) is 18.4 Å². The van der Waals surface area contributed by atoms with Crippen molar-refractivity contribution >= 4 is 23.4 Å². The first-order chi connectivity index (χ1) is 18.6. The number of amides is 2. The van der Waals surface area contributed by atoms with Crippen LogP contribution in [0.25, 0.3) is 0 Å². The Morgan fingerprint density at radius 3 is 1.82 bits per heavy atom. The fourth-order valence-corrected chi connectivity index (χ4v) is 5.51. The van der Waals surface area contributed by atoms with Crippen LogP contribution in [0.5, 0.6) is 0 Å². The molecule has 5 heteroatoms. The summed E-state index contributed by atoms with van der Waals surface area (Å²) in [6.07, 6.45) is 20.0. The van der Waals surface area contributed by atoms with E-state index in [1.165, 1.54) is 88.4 Å². The molecule has 0 spiro atoms. The van der Waals surface area contributed by atoms with Crippen LogP contribution in [0.3, 0.4) is 0 Å². The van der Waals surface area contributed by atoms with Crippen molar-refractivity contribution in [3.05, 3.63) is 59.7 Å². The Morgan fingerprint density at radius 1 is 0.737 bits per heavy atom. The van der Waals surface area contributed by atoms with E-state index >= 15 is 0 Å². The van der Waals surface area contributed by atoms with Gasteiger partial charge in [0.25, 0.3) is 0 Å². The van der Waals surface area contributed by atoms with Gasteiger partial charge in [-0.15, -0.1) is 0 Å². The van der Waals surface area contributed by atoms with Gasteiger partial charge >= 0.3 is 12.0 Å². The third-order valence-electron chi connectivity index (χ3n) is 7.64. The number of anilines is 2. The molecular weight excluding hydrogens is 472 g/mol. The first kappa shape index (κ1) is 29.7. The molecule has 1 aliphatic rings. The number of fused-ring (bicyclic) bond motifs is 2. The number of unbranched alkanes of at least 4 members (excludes halogenated alkanes) is 14. The minimum absolute atomic E-state index is 0.176. The summed E-state index contributed by atoms with van der Waals surface area (Å²) in [4.78, 5) is 26.7. The predicted octanol–water partition coefficient (Wildman–Crippen LogP) is 9.31. The van der Waals surface area contributed by atoms with Gasteiger partial charge in [0.05, 0.1) is 11.4 Å². The molecule has 2 N–H and O–H groups in total. The van der Waals surface area contributed by atoms with Gasteiger partial charge in [-0.2, -0.15) is 0 Å². The van der Waals surface area contributed by atoms with Crippen LogP contribution >= 0.6 is 0 Å². The molecule has 0 saturated heterocycles. The van der Waals surface area contributed by atoms with Crippen LogP contribution in [0.1, 0.15) is 127 Å². The van der Waals surface area contributed by atoms with Crippen molar-refractivity contribution in [2.45, 2.75) is 122 Å². The molecule has 1 heterocycles. The Labute approximate surface area is 230 Å². The van der Waals surface area contributed by atoms with E-state index in [1.54, 1.807) is 0 Å². The van der Waals surface area contributed by atoms with Crippen molar-refractivity contribution in [3.8, 4) is 0 Å². The van der Waals surface area contributed by atoms with Crippen LogP contribution in [0.2, 0.25) is 0 Å². The van der Waals surface area contributed by atoms with Gasteiger partial charge in [0.15, 0.2) is 0 Å². The second kappa shape index (κ2) is 16.9. The Kier molecular flexibility index (Phi) is 13.2. The summed E-state index contributed by atoms with van der Waals surface area (Å²) in [5.41, 5.74) is 8.93. The van der Waals surface area contributed by atoms with Crippen LogP contribution in [-0.2, 0) is 16.0 Å². The quantitative estimate of drug-likeness (QED) is 0.167. The summed E-state index contributed by atoms with van der Waals surface area (Å²) >= 11 is 0. The van der Waals surface area contributed by atoms with Crippen molar-refractivity contribution in [1.29, 1.82) is 0 Å². The summed E-state index contributed by atoms with van der Waals surface area (Å²) in [6, 6.07) is 14.7. The lowest BCUT2D eigenvalue weighted by atomic mass is 10.0. The number of hydrogen-bond donors (Lipinski definition) is 1. The van der Waals surface area contributed by atoms with E-state index in [9.17, 15) is 9.59 Å². The molecular formula is C33H48N2O3. The first-order valence-electron chi connectivity index (χ1n) is 15.1. The molecule has 2 aromatic rings. The monoisotopic (exact) mass is 520 g/mol. The maximum atomic E-state index is 12.8. The molecule has 0 radical (unpaired) electrons. The van der Waals surface area contributed by atoms with Gasteiger partial charge in [0.1, 0.15) is 6.10 Å². The Hall–Kier alpha value is -2.82. The number of carbonyl (C=O) groups is 2. The van der Waals surface area contributed by atoms with Crippen LogP contribution < -0.4 is 10.6 Å². The van der Waals surface area contributed by atoms with Gasteiger partial charge < -0.3 is 10.5 Å². The minimum Gasteiger partial charge on any atom is -0.457 e. The Balaban J connectivity index is 1.34. The van der Waals surface area contributed by atoms with E-state index in [1.807, 2.05) is 48.5 Å². The van der Waals surface area contributed by atoms with Gasteiger partial charge in [-0.05, 0) is 24.1 Å². The molecule has 0 aromatic heterocycles. The lowest BCUT2D eigenvalue weighted by Gasteiger charge is -2.23. The standard InChI is InChI=1S/C33H48N2O3/c1-2-3-4-5-6-7-8-9-10-11-12-13-14-15-16-25-32(36)38-31-26-27-21-17-19-23-29(27)35(33(34)37)30-24-20-18-22-28(30)31/h17-24,31H,2-16,25-26H2,1H3,(H2,34,37)/t31-/m1/s1. The van der Waals surface area contributed by atoms with Gasteiger partial charge in [-0.1, -0.05) is 133 Å². The minimum atomic E-state index is -0.547.